The fraction of sp³-hybridized carbons (Fsp3) is 0.182. The Morgan fingerprint density at radius 3 is 2.91 bits per heavy atom. The number of nitro groups is 1. The summed E-state index contributed by atoms with van der Waals surface area (Å²) in [6.45, 7) is 4.07. The summed E-state index contributed by atoms with van der Waals surface area (Å²) in [4.78, 5) is 27.1. The first-order valence-corrected chi connectivity index (χ1v) is 11.9. The van der Waals surface area contributed by atoms with E-state index < -0.39 is 4.92 Å². The van der Waals surface area contributed by atoms with E-state index in [4.69, 9.17) is 9.15 Å². The molecule has 0 aliphatic carbocycles. The number of carbonyl (C=O) groups excluding carboxylic acids is 1. The average molecular weight is 498 g/mol. The van der Waals surface area contributed by atoms with E-state index in [0.717, 1.165) is 28.6 Å². The Kier molecular flexibility index (Phi) is 7.18. The Morgan fingerprint density at radius 1 is 1.24 bits per heavy atom. The molecule has 12 heteroatoms. The maximum Gasteiger partial charge on any atom is 0.277 e. The number of aromatic nitrogens is 3. The summed E-state index contributed by atoms with van der Waals surface area (Å²) in [5.74, 6) is 0.812. The molecule has 2 heterocycles. The molecule has 0 aliphatic heterocycles. The van der Waals surface area contributed by atoms with Crippen molar-refractivity contribution in [3.63, 3.8) is 0 Å². The molecule has 0 aliphatic rings. The van der Waals surface area contributed by atoms with Crippen molar-refractivity contribution in [2.75, 3.05) is 11.1 Å². The molecule has 4 aromatic rings. The van der Waals surface area contributed by atoms with Gasteiger partial charge >= 0.3 is 0 Å². The van der Waals surface area contributed by atoms with Crippen LogP contribution in [0.1, 0.15) is 17.0 Å². The molecule has 0 atom stereocenters. The summed E-state index contributed by atoms with van der Waals surface area (Å²) in [6, 6.07) is 12.1. The molecular formula is C22H19N5O5S2. The average Bonchev–Trinajstić information content (AvgIpc) is 3.48. The number of hydrogen-bond donors (Lipinski definition) is 1. The van der Waals surface area contributed by atoms with E-state index in [2.05, 4.69) is 20.5 Å². The second kappa shape index (κ2) is 10.4. The fourth-order valence-corrected chi connectivity index (χ4v) is 4.20. The largest absolute Gasteiger partial charge is 0.484 e. The predicted octanol–water partition coefficient (Wildman–Crippen LogP) is 5.03. The number of benzene rings is 2. The Hall–Kier alpha value is -3.77. The number of nitrogens with zero attached hydrogens (tertiary/aromatic N) is 4. The second-order valence-corrected chi connectivity index (χ2v) is 8.99. The minimum absolute atomic E-state index is 0.0224. The van der Waals surface area contributed by atoms with Crippen molar-refractivity contribution in [1.82, 2.24) is 15.2 Å². The van der Waals surface area contributed by atoms with Gasteiger partial charge < -0.3 is 14.5 Å². The molecule has 1 amide bonds. The summed E-state index contributed by atoms with van der Waals surface area (Å²) in [6.07, 6.45) is 0. The fourth-order valence-electron chi connectivity index (χ4n) is 2.88. The van der Waals surface area contributed by atoms with Crippen molar-refractivity contribution in [2.24, 2.45) is 0 Å². The van der Waals surface area contributed by atoms with Crippen LogP contribution in [0.3, 0.4) is 0 Å². The highest BCUT2D eigenvalue weighted by atomic mass is 32.2. The topological polar surface area (TPSA) is 133 Å². The summed E-state index contributed by atoms with van der Waals surface area (Å²) in [5, 5.41) is 23.9. The van der Waals surface area contributed by atoms with Crippen LogP contribution in [0, 0.1) is 24.0 Å². The lowest BCUT2D eigenvalue weighted by Crippen LogP contribution is -2.13. The molecule has 0 radical (unpaired) electrons. The zero-order valence-electron chi connectivity index (χ0n) is 18.2. The van der Waals surface area contributed by atoms with Gasteiger partial charge in [0.1, 0.15) is 5.75 Å². The number of ether oxygens (including phenoxy) is 1. The Labute approximate surface area is 202 Å². The molecule has 10 nitrogen and oxygen atoms in total. The van der Waals surface area contributed by atoms with Crippen LogP contribution in [-0.2, 0) is 11.4 Å². The quantitative estimate of drug-likeness (QED) is 0.192. The van der Waals surface area contributed by atoms with Crippen LogP contribution in [0.4, 0.5) is 10.8 Å². The minimum Gasteiger partial charge on any atom is -0.484 e. The molecule has 0 saturated carbocycles. The van der Waals surface area contributed by atoms with Gasteiger partial charge in [-0.05, 0) is 31.0 Å². The molecule has 0 unspecified atom stereocenters. The van der Waals surface area contributed by atoms with Crippen LogP contribution >= 0.6 is 23.1 Å². The monoisotopic (exact) mass is 497 g/mol. The van der Waals surface area contributed by atoms with Crippen molar-refractivity contribution in [2.45, 2.75) is 25.7 Å². The van der Waals surface area contributed by atoms with Crippen LogP contribution in [-0.4, -0.2) is 31.8 Å². The number of non-ortho nitro benzene ring substituents is 1. The number of anilines is 1. The van der Waals surface area contributed by atoms with Crippen molar-refractivity contribution >= 4 is 39.8 Å². The summed E-state index contributed by atoms with van der Waals surface area (Å²) >= 11 is 2.33. The van der Waals surface area contributed by atoms with Gasteiger partial charge in [0.05, 0.1) is 16.4 Å². The van der Waals surface area contributed by atoms with Gasteiger partial charge in [-0.1, -0.05) is 36.0 Å². The number of thiazole rings is 1. The standard InChI is InChI=1S/C22H19N5O5S2/c1-13-6-7-14(2)18(8-13)31-10-20-25-26-22(32-20)34-12-19(28)24-21-23-17(11-33-21)15-4-3-5-16(9-15)27(29)30/h3-9,11H,10,12H2,1-2H3,(H,23,24,28). The number of nitro benzene ring substituents is 1. The molecule has 34 heavy (non-hydrogen) atoms. The summed E-state index contributed by atoms with van der Waals surface area (Å²) < 4.78 is 11.3. The van der Waals surface area contributed by atoms with Gasteiger partial charge in [-0.15, -0.1) is 21.5 Å². The van der Waals surface area contributed by atoms with Crippen LogP contribution < -0.4 is 10.1 Å². The SMILES string of the molecule is Cc1ccc(C)c(OCc2nnc(SCC(=O)Nc3nc(-c4cccc([N+](=O)[O-])c4)cs3)o2)c1. The van der Waals surface area contributed by atoms with Crippen LogP contribution in [0.25, 0.3) is 11.3 Å². The second-order valence-electron chi connectivity index (χ2n) is 7.20. The normalized spacial score (nSPS) is 10.8. The van der Waals surface area contributed by atoms with E-state index in [-0.39, 0.29) is 29.2 Å². The highest BCUT2D eigenvalue weighted by molar-refractivity contribution is 7.99. The van der Waals surface area contributed by atoms with Crippen molar-refractivity contribution in [1.29, 1.82) is 0 Å². The lowest BCUT2D eigenvalue weighted by Gasteiger charge is -2.07. The van der Waals surface area contributed by atoms with E-state index in [1.165, 1.54) is 23.5 Å². The van der Waals surface area contributed by atoms with E-state index in [9.17, 15) is 14.9 Å². The van der Waals surface area contributed by atoms with Crippen LogP contribution in [0.5, 0.6) is 5.75 Å². The van der Waals surface area contributed by atoms with E-state index in [0.29, 0.717) is 22.3 Å². The molecule has 0 saturated heterocycles. The Bertz CT molecular complexity index is 1340. The van der Waals surface area contributed by atoms with E-state index >= 15 is 0 Å². The van der Waals surface area contributed by atoms with E-state index in [1.54, 1.807) is 17.5 Å². The van der Waals surface area contributed by atoms with Gasteiger partial charge in [0, 0.05) is 23.1 Å². The molecule has 174 valence electrons. The van der Waals surface area contributed by atoms with Crippen molar-refractivity contribution < 1.29 is 18.9 Å². The lowest BCUT2D eigenvalue weighted by molar-refractivity contribution is -0.384. The maximum absolute atomic E-state index is 12.3. The molecular weight excluding hydrogens is 478 g/mol. The van der Waals surface area contributed by atoms with E-state index in [1.807, 2.05) is 32.0 Å². The number of thioether (sulfide) groups is 1. The van der Waals surface area contributed by atoms with Crippen LogP contribution in [0.2, 0.25) is 0 Å². The number of carbonyl (C=O) groups is 1. The first kappa shape index (κ1) is 23.4. The molecule has 2 aromatic carbocycles. The molecule has 4 rings (SSSR count). The predicted molar refractivity (Wildman–Crippen MR) is 128 cm³/mol. The highest BCUT2D eigenvalue weighted by Crippen LogP contribution is 2.28. The first-order valence-electron chi connectivity index (χ1n) is 10.0. The van der Waals surface area contributed by atoms with Gasteiger partial charge in [-0.25, -0.2) is 4.98 Å². The smallest absolute Gasteiger partial charge is 0.277 e. The maximum atomic E-state index is 12.3. The minimum atomic E-state index is -0.464. The Morgan fingerprint density at radius 2 is 2.09 bits per heavy atom. The lowest BCUT2D eigenvalue weighted by atomic mass is 10.1. The molecule has 2 aromatic heterocycles. The Balaban J connectivity index is 1.28. The number of amides is 1. The molecule has 1 N–H and O–H groups in total. The third-order valence-corrected chi connectivity index (χ3v) is 6.15. The van der Waals surface area contributed by atoms with Crippen molar-refractivity contribution in [3.05, 3.63) is 75.0 Å². The number of aryl methyl sites for hydroxylation is 2. The third kappa shape index (κ3) is 5.97. The van der Waals surface area contributed by atoms with Gasteiger partial charge in [0.25, 0.3) is 16.8 Å². The molecule has 0 fully saturated rings. The zero-order chi connectivity index (χ0) is 24.1. The highest BCUT2D eigenvalue weighted by Gasteiger charge is 2.14. The van der Waals surface area contributed by atoms with Crippen molar-refractivity contribution in [3.8, 4) is 17.0 Å². The summed E-state index contributed by atoms with van der Waals surface area (Å²) in [7, 11) is 0. The van der Waals surface area contributed by atoms with Crippen LogP contribution in [0.15, 0.2) is 57.5 Å². The van der Waals surface area contributed by atoms with Gasteiger partial charge in [0.2, 0.25) is 5.91 Å². The summed E-state index contributed by atoms with van der Waals surface area (Å²) in [5.41, 5.74) is 3.22. The third-order valence-electron chi connectivity index (χ3n) is 4.57. The van der Waals surface area contributed by atoms with Gasteiger partial charge in [-0.3, -0.25) is 14.9 Å². The van der Waals surface area contributed by atoms with Gasteiger partial charge in [-0.2, -0.15) is 0 Å². The number of rotatable bonds is 9. The number of nitrogens with one attached hydrogen (secondary N) is 1. The van der Waals surface area contributed by atoms with Gasteiger partial charge in [0.15, 0.2) is 11.7 Å². The number of hydrogen-bond acceptors (Lipinski definition) is 10. The molecule has 0 bridgehead atoms. The first-order chi connectivity index (χ1) is 16.4. The molecule has 0 spiro atoms. The zero-order valence-corrected chi connectivity index (χ0v) is 19.8.